The molecule has 20 heavy (non-hydrogen) atoms. The molecule has 1 saturated heterocycles. The fourth-order valence-electron chi connectivity index (χ4n) is 2.50. The smallest absolute Gasteiger partial charge is 0.273 e. The van der Waals surface area contributed by atoms with Crippen molar-refractivity contribution >= 4 is 11.6 Å². The van der Waals surface area contributed by atoms with Crippen LogP contribution in [0.25, 0.3) is 0 Å². The zero-order valence-corrected chi connectivity index (χ0v) is 11.9. The maximum atomic E-state index is 12.4. The number of hydrogen-bond acceptors (Lipinski definition) is 3. The molecule has 0 aromatic heterocycles. The number of nitro benzene ring substituents is 1. The molecule has 1 aliphatic rings. The molecule has 1 aliphatic heterocycles. The summed E-state index contributed by atoms with van der Waals surface area (Å²) in [5.74, 6) is -0.108. The molecule has 0 unspecified atom stereocenters. The van der Waals surface area contributed by atoms with Crippen molar-refractivity contribution in [2.45, 2.75) is 13.8 Å². The second-order valence-corrected chi connectivity index (χ2v) is 5.15. The number of hydrogen-bond donors (Lipinski definition) is 1. The van der Waals surface area contributed by atoms with Gasteiger partial charge in [0.1, 0.15) is 0 Å². The molecule has 0 saturated carbocycles. The number of carbonyl (C=O) groups is 1. The van der Waals surface area contributed by atoms with Crippen LogP contribution in [-0.4, -0.2) is 48.5 Å². The molecule has 2 rings (SSSR count). The van der Waals surface area contributed by atoms with E-state index < -0.39 is 4.92 Å². The van der Waals surface area contributed by atoms with Crippen LogP contribution in [0.3, 0.4) is 0 Å². The minimum Gasteiger partial charge on any atom is -0.332 e. The maximum absolute atomic E-state index is 12.4. The molecule has 1 N–H and O–H groups in total. The van der Waals surface area contributed by atoms with Crippen molar-refractivity contribution in [1.82, 2.24) is 4.90 Å². The molecule has 0 bridgehead atoms. The van der Waals surface area contributed by atoms with Crippen LogP contribution in [0.4, 0.5) is 5.69 Å². The van der Waals surface area contributed by atoms with Gasteiger partial charge >= 0.3 is 0 Å². The molecule has 1 aromatic rings. The SMILES string of the molecule is CC[NH+]1CCN(C(=O)c2ccc(C)c([N+](=O)[O-])c2)CC1. The standard InChI is InChI=1S/C14H19N3O3/c1-3-15-6-8-16(9-7-15)14(18)12-5-4-11(2)13(10-12)17(19)20/h4-5,10H,3,6-9H2,1-2H3/p+1. The second kappa shape index (κ2) is 6.00. The lowest BCUT2D eigenvalue weighted by Gasteiger charge is -2.31. The summed E-state index contributed by atoms with van der Waals surface area (Å²) in [5, 5.41) is 10.9. The highest BCUT2D eigenvalue weighted by Gasteiger charge is 2.25. The van der Waals surface area contributed by atoms with Crippen LogP contribution < -0.4 is 4.90 Å². The summed E-state index contributed by atoms with van der Waals surface area (Å²) >= 11 is 0. The Morgan fingerprint density at radius 3 is 2.60 bits per heavy atom. The molecule has 108 valence electrons. The monoisotopic (exact) mass is 278 g/mol. The van der Waals surface area contributed by atoms with E-state index in [4.69, 9.17) is 0 Å². The number of quaternary nitrogens is 1. The summed E-state index contributed by atoms with van der Waals surface area (Å²) in [7, 11) is 0. The number of piperazine rings is 1. The van der Waals surface area contributed by atoms with Gasteiger partial charge in [0.05, 0.1) is 37.6 Å². The Kier molecular flexibility index (Phi) is 4.34. The molecule has 0 radical (unpaired) electrons. The van der Waals surface area contributed by atoms with Crippen molar-refractivity contribution in [1.29, 1.82) is 0 Å². The average molecular weight is 278 g/mol. The summed E-state index contributed by atoms with van der Waals surface area (Å²) < 4.78 is 0. The largest absolute Gasteiger partial charge is 0.332 e. The van der Waals surface area contributed by atoms with E-state index in [2.05, 4.69) is 6.92 Å². The molecular formula is C14H20N3O3+. The average Bonchev–Trinajstić information content (AvgIpc) is 2.47. The highest BCUT2D eigenvalue weighted by atomic mass is 16.6. The van der Waals surface area contributed by atoms with Gasteiger partial charge in [-0.15, -0.1) is 0 Å². The van der Waals surface area contributed by atoms with E-state index in [0.29, 0.717) is 24.2 Å². The van der Waals surface area contributed by atoms with Crippen molar-refractivity contribution in [2.75, 3.05) is 32.7 Å². The first-order valence-corrected chi connectivity index (χ1v) is 6.90. The lowest BCUT2D eigenvalue weighted by atomic mass is 10.1. The van der Waals surface area contributed by atoms with Crippen molar-refractivity contribution in [3.63, 3.8) is 0 Å². The van der Waals surface area contributed by atoms with Gasteiger partial charge in [0, 0.05) is 17.2 Å². The van der Waals surface area contributed by atoms with Gasteiger partial charge in [-0.1, -0.05) is 6.07 Å². The van der Waals surface area contributed by atoms with Crippen molar-refractivity contribution < 1.29 is 14.6 Å². The maximum Gasteiger partial charge on any atom is 0.273 e. The molecule has 0 aliphatic carbocycles. The molecule has 6 nitrogen and oxygen atoms in total. The molecule has 1 fully saturated rings. The minimum atomic E-state index is -0.439. The zero-order valence-electron chi connectivity index (χ0n) is 11.9. The van der Waals surface area contributed by atoms with E-state index in [1.165, 1.54) is 11.0 Å². The zero-order chi connectivity index (χ0) is 14.7. The number of benzene rings is 1. The number of nitrogens with zero attached hydrogens (tertiary/aromatic N) is 2. The Hall–Kier alpha value is -1.95. The second-order valence-electron chi connectivity index (χ2n) is 5.15. The van der Waals surface area contributed by atoms with Gasteiger partial charge in [0.2, 0.25) is 0 Å². The molecule has 0 spiro atoms. The van der Waals surface area contributed by atoms with Gasteiger partial charge in [-0.2, -0.15) is 0 Å². The van der Waals surface area contributed by atoms with Gasteiger partial charge < -0.3 is 9.80 Å². The number of amides is 1. The number of likely N-dealkylation sites (N-methyl/N-ethyl adjacent to an activating group) is 1. The molecule has 6 heteroatoms. The normalized spacial score (nSPS) is 16.2. The first kappa shape index (κ1) is 14.5. The van der Waals surface area contributed by atoms with Crippen LogP contribution in [0, 0.1) is 17.0 Å². The fourth-order valence-corrected chi connectivity index (χ4v) is 2.50. The fraction of sp³-hybridized carbons (Fsp3) is 0.500. The van der Waals surface area contributed by atoms with Gasteiger partial charge in [-0.25, -0.2) is 0 Å². The Morgan fingerprint density at radius 2 is 2.05 bits per heavy atom. The third-order valence-electron chi connectivity index (χ3n) is 3.91. The van der Waals surface area contributed by atoms with Gasteiger partial charge in [-0.3, -0.25) is 14.9 Å². The van der Waals surface area contributed by atoms with E-state index in [0.717, 1.165) is 19.6 Å². The van der Waals surface area contributed by atoms with Crippen molar-refractivity contribution in [3.8, 4) is 0 Å². The van der Waals surface area contributed by atoms with Crippen molar-refractivity contribution in [3.05, 3.63) is 39.4 Å². The number of rotatable bonds is 3. The van der Waals surface area contributed by atoms with Gasteiger partial charge in [0.15, 0.2) is 0 Å². The third kappa shape index (κ3) is 2.96. The summed E-state index contributed by atoms with van der Waals surface area (Å²) in [5.41, 5.74) is 0.989. The van der Waals surface area contributed by atoms with Gasteiger partial charge in [-0.05, 0) is 19.9 Å². The molecule has 0 atom stereocenters. The van der Waals surface area contributed by atoms with E-state index in [1.807, 2.05) is 0 Å². The molecule has 1 aromatic carbocycles. The first-order valence-electron chi connectivity index (χ1n) is 6.90. The van der Waals surface area contributed by atoms with Crippen LogP contribution in [-0.2, 0) is 0 Å². The van der Waals surface area contributed by atoms with E-state index >= 15 is 0 Å². The lowest BCUT2D eigenvalue weighted by molar-refractivity contribution is -0.902. The predicted molar refractivity (Wildman–Crippen MR) is 75.0 cm³/mol. The van der Waals surface area contributed by atoms with Crippen LogP contribution in [0.5, 0.6) is 0 Å². The van der Waals surface area contributed by atoms with Crippen LogP contribution in [0.2, 0.25) is 0 Å². The quantitative estimate of drug-likeness (QED) is 0.637. The number of nitrogens with one attached hydrogen (secondary N) is 1. The summed E-state index contributed by atoms with van der Waals surface area (Å²) in [6.45, 7) is 8.18. The Bertz CT molecular complexity index is 522. The Balaban J connectivity index is 2.14. The van der Waals surface area contributed by atoms with Crippen LogP contribution in [0.15, 0.2) is 18.2 Å². The predicted octanol–water partition coefficient (Wildman–Crippen LogP) is 0.264. The topological polar surface area (TPSA) is 67.9 Å². The summed E-state index contributed by atoms with van der Waals surface area (Å²) in [6.07, 6.45) is 0. The highest BCUT2D eigenvalue weighted by molar-refractivity contribution is 5.95. The summed E-state index contributed by atoms with van der Waals surface area (Å²) in [6, 6.07) is 4.69. The van der Waals surface area contributed by atoms with Gasteiger partial charge in [0.25, 0.3) is 11.6 Å². The van der Waals surface area contributed by atoms with E-state index in [9.17, 15) is 14.9 Å². The van der Waals surface area contributed by atoms with Crippen LogP contribution >= 0.6 is 0 Å². The molecule has 1 amide bonds. The van der Waals surface area contributed by atoms with E-state index in [1.54, 1.807) is 24.0 Å². The number of aryl methyl sites for hydroxylation is 1. The molecular weight excluding hydrogens is 258 g/mol. The summed E-state index contributed by atoms with van der Waals surface area (Å²) in [4.78, 5) is 26.1. The number of nitro groups is 1. The minimum absolute atomic E-state index is 0.00803. The third-order valence-corrected chi connectivity index (χ3v) is 3.91. The Labute approximate surface area is 118 Å². The van der Waals surface area contributed by atoms with E-state index in [-0.39, 0.29) is 11.6 Å². The molecule has 1 heterocycles. The number of carbonyl (C=O) groups excluding carboxylic acids is 1. The Morgan fingerprint density at radius 1 is 1.40 bits per heavy atom. The van der Waals surface area contributed by atoms with Crippen molar-refractivity contribution in [2.24, 2.45) is 0 Å². The first-order chi connectivity index (χ1) is 9.52. The van der Waals surface area contributed by atoms with Crippen LogP contribution in [0.1, 0.15) is 22.8 Å². The highest BCUT2D eigenvalue weighted by Crippen LogP contribution is 2.20. The lowest BCUT2D eigenvalue weighted by Crippen LogP contribution is -3.14.